The first-order valence-electron chi connectivity index (χ1n) is 7.56. The number of nitrogens with one attached hydrogen (secondary N) is 1. The molecule has 1 N–H and O–H groups in total. The van der Waals surface area contributed by atoms with Crippen LogP contribution in [0.1, 0.15) is 37.3 Å². The predicted molar refractivity (Wildman–Crippen MR) is 78.1 cm³/mol. The fourth-order valence-corrected chi connectivity index (χ4v) is 3.19. The number of likely N-dealkylation sites (tertiary alicyclic amines) is 1. The van der Waals surface area contributed by atoms with Crippen LogP contribution in [0.15, 0.2) is 30.3 Å². The summed E-state index contributed by atoms with van der Waals surface area (Å²) >= 11 is 0. The third kappa shape index (κ3) is 4.20. The molecule has 0 amide bonds. The van der Waals surface area contributed by atoms with E-state index in [2.05, 4.69) is 5.32 Å². The molecule has 0 spiro atoms. The zero-order valence-electron chi connectivity index (χ0n) is 12.4. The third-order valence-corrected chi connectivity index (χ3v) is 4.16. The van der Waals surface area contributed by atoms with Gasteiger partial charge in [-0.3, -0.25) is 4.90 Å². The average molecular weight is 300 g/mol. The molecule has 0 saturated carbocycles. The van der Waals surface area contributed by atoms with Crippen LogP contribution in [0.25, 0.3) is 0 Å². The molecule has 0 aromatic heterocycles. The van der Waals surface area contributed by atoms with Gasteiger partial charge in [0.25, 0.3) is 0 Å². The Labute approximate surface area is 124 Å². The largest absolute Gasteiger partial charge is 0.408 e. The summed E-state index contributed by atoms with van der Waals surface area (Å²) in [6.45, 7) is 1.27. The minimum Gasteiger partial charge on any atom is -0.320 e. The van der Waals surface area contributed by atoms with Gasteiger partial charge < -0.3 is 5.32 Å². The number of piperidine rings is 1. The van der Waals surface area contributed by atoms with Gasteiger partial charge in [-0.05, 0) is 45.0 Å². The van der Waals surface area contributed by atoms with E-state index >= 15 is 0 Å². The van der Waals surface area contributed by atoms with E-state index in [1.807, 2.05) is 7.05 Å². The van der Waals surface area contributed by atoms with Crippen molar-refractivity contribution in [2.24, 2.45) is 0 Å². The highest BCUT2D eigenvalue weighted by molar-refractivity contribution is 5.21. The molecular weight excluding hydrogens is 277 g/mol. The van der Waals surface area contributed by atoms with Gasteiger partial charge >= 0.3 is 6.18 Å². The van der Waals surface area contributed by atoms with Crippen molar-refractivity contribution in [3.8, 4) is 0 Å². The van der Waals surface area contributed by atoms with E-state index in [1.165, 1.54) is 0 Å². The van der Waals surface area contributed by atoms with Gasteiger partial charge in [-0.25, -0.2) is 0 Å². The Morgan fingerprint density at radius 2 is 1.95 bits per heavy atom. The molecule has 1 aliphatic rings. The first kappa shape index (κ1) is 16.3. The minimum atomic E-state index is -4.24. The molecule has 2 rings (SSSR count). The van der Waals surface area contributed by atoms with Crippen molar-refractivity contribution in [1.29, 1.82) is 0 Å². The maximum atomic E-state index is 13.6. The number of hydrogen-bond donors (Lipinski definition) is 1. The fourth-order valence-electron chi connectivity index (χ4n) is 3.19. The highest BCUT2D eigenvalue weighted by Crippen LogP contribution is 2.41. The van der Waals surface area contributed by atoms with Crippen LogP contribution in [-0.4, -0.2) is 37.3 Å². The monoisotopic (exact) mass is 300 g/mol. The van der Waals surface area contributed by atoms with E-state index in [0.29, 0.717) is 12.1 Å². The number of alkyl halides is 3. The quantitative estimate of drug-likeness (QED) is 0.891. The predicted octanol–water partition coefficient (Wildman–Crippen LogP) is 3.75. The van der Waals surface area contributed by atoms with Gasteiger partial charge in [-0.2, -0.15) is 13.2 Å². The molecule has 0 aliphatic carbocycles. The molecule has 0 radical (unpaired) electrons. The number of halogens is 3. The zero-order valence-corrected chi connectivity index (χ0v) is 12.4. The molecule has 118 valence electrons. The van der Waals surface area contributed by atoms with E-state index in [9.17, 15) is 13.2 Å². The molecule has 2 nitrogen and oxygen atoms in total. The smallest absolute Gasteiger partial charge is 0.320 e. The van der Waals surface area contributed by atoms with Crippen molar-refractivity contribution in [1.82, 2.24) is 10.2 Å². The summed E-state index contributed by atoms with van der Waals surface area (Å²) < 4.78 is 40.9. The second-order valence-electron chi connectivity index (χ2n) is 5.63. The lowest BCUT2D eigenvalue weighted by atomic mass is 9.94. The Bertz CT molecular complexity index is 419. The lowest BCUT2D eigenvalue weighted by Gasteiger charge is -2.42. The summed E-state index contributed by atoms with van der Waals surface area (Å²) in [5, 5.41) is 3.05. The molecule has 1 aliphatic heterocycles. The van der Waals surface area contributed by atoms with Crippen LogP contribution in [0.4, 0.5) is 13.2 Å². The van der Waals surface area contributed by atoms with Crippen molar-refractivity contribution in [3.05, 3.63) is 35.9 Å². The topological polar surface area (TPSA) is 15.3 Å². The van der Waals surface area contributed by atoms with Crippen LogP contribution >= 0.6 is 0 Å². The van der Waals surface area contributed by atoms with Crippen LogP contribution in [0.2, 0.25) is 0 Å². The molecule has 1 aromatic carbocycles. The zero-order chi connectivity index (χ0) is 15.3. The standard InChI is InChI=1S/C16H23F3N2/c1-20-11-10-14-9-5-6-12-21(14)15(16(17,18)19)13-7-3-2-4-8-13/h2-4,7-8,14-15,20H,5-6,9-12H2,1H3. The summed E-state index contributed by atoms with van der Waals surface area (Å²) in [6.07, 6.45) is -0.771. The number of rotatable bonds is 5. The Morgan fingerprint density at radius 1 is 1.24 bits per heavy atom. The summed E-state index contributed by atoms with van der Waals surface area (Å²) in [5.74, 6) is 0. The second kappa shape index (κ2) is 7.27. The van der Waals surface area contributed by atoms with E-state index in [0.717, 1.165) is 32.2 Å². The van der Waals surface area contributed by atoms with Gasteiger partial charge in [-0.15, -0.1) is 0 Å². The van der Waals surface area contributed by atoms with Crippen LogP contribution < -0.4 is 5.32 Å². The Morgan fingerprint density at radius 3 is 2.57 bits per heavy atom. The van der Waals surface area contributed by atoms with Crippen LogP contribution in [0, 0.1) is 0 Å². The minimum absolute atomic E-state index is 0.00182. The van der Waals surface area contributed by atoms with Crippen LogP contribution in [-0.2, 0) is 0 Å². The molecule has 1 heterocycles. The molecule has 0 bridgehead atoms. The highest BCUT2D eigenvalue weighted by Gasteiger charge is 2.46. The first-order chi connectivity index (χ1) is 10.0. The van der Waals surface area contributed by atoms with Gasteiger partial charge in [0, 0.05) is 6.04 Å². The Kier molecular flexibility index (Phi) is 5.65. The highest BCUT2D eigenvalue weighted by atomic mass is 19.4. The summed E-state index contributed by atoms with van der Waals surface area (Å²) in [7, 11) is 1.84. The van der Waals surface area contributed by atoms with Crippen molar-refractivity contribution in [2.45, 2.75) is 43.9 Å². The Balaban J connectivity index is 2.26. The van der Waals surface area contributed by atoms with E-state index < -0.39 is 12.2 Å². The SMILES string of the molecule is CNCCC1CCCCN1C(c1ccccc1)C(F)(F)F. The van der Waals surface area contributed by atoms with E-state index in [-0.39, 0.29) is 6.04 Å². The van der Waals surface area contributed by atoms with Gasteiger partial charge in [0.1, 0.15) is 6.04 Å². The van der Waals surface area contributed by atoms with Gasteiger partial charge in [0.15, 0.2) is 0 Å². The van der Waals surface area contributed by atoms with Crippen molar-refractivity contribution in [3.63, 3.8) is 0 Å². The summed E-state index contributed by atoms with van der Waals surface area (Å²) in [4.78, 5) is 1.66. The lowest BCUT2D eigenvalue weighted by Crippen LogP contribution is -2.48. The molecule has 2 atom stereocenters. The molecule has 5 heteroatoms. The van der Waals surface area contributed by atoms with Crippen molar-refractivity contribution < 1.29 is 13.2 Å². The lowest BCUT2D eigenvalue weighted by molar-refractivity contribution is -0.196. The molecular formula is C16H23F3N2. The Hall–Kier alpha value is -1.07. The van der Waals surface area contributed by atoms with Crippen LogP contribution in [0.5, 0.6) is 0 Å². The molecule has 1 fully saturated rings. The number of nitrogens with zero attached hydrogens (tertiary/aromatic N) is 1. The third-order valence-electron chi connectivity index (χ3n) is 4.16. The van der Waals surface area contributed by atoms with E-state index in [4.69, 9.17) is 0 Å². The maximum absolute atomic E-state index is 13.6. The van der Waals surface area contributed by atoms with Crippen molar-refractivity contribution >= 4 is 0 Å². The van der Waals surface area contributed by atoms with E-state index in [1.54, 1.807) is 35.2 Å². The molecule has 21 heavy (non-hydrogen) atoms. The molecule has 1 aromatic rings. The van der Waals surface area contributed by atoms with Crippen molar-refractivity contribution in [2.75, 3.05) is 20.1 Å². The first-order valence-corrected chi connectivity index (χ1v) is 7.56. The van der Waals surface area contributed by atoms with Crippen LogP contribution in [0.3, 0.4) is 0 Å². The second-order valence-corrected chi connectivity index (χ2v) is 5.63. The number of benzene rings is 1. The molecule has 1 saturated heterocycles. The molecule has 2 unspecified atom stereocenters. The van der Waals surface area contributed by atoms with Gasteiger partial charge in [-0.1, -0.05) is 36.8 Å². The fraction of sp³-hybridized carbons (Fsp3) is 0.625. The van der Waals surface area contributed by atoms with Gasteiger partial charge in [0.2, 0.25) is 0 Å². The average Bonchev–Trinajstić information content (AvgIpc) is 2.46. The summed E-state index contributed by atoms with van der Waals surface area (Å²) in [6, 6.07) is 6.80. The normalized spacial score (nSPS) is 22.2. The number of hydrogen-bond acceptors (Lipinski definition) is 2. The maximum Gasteiger partial charge on any atom is 0.408 e. The summed E-state index contributed by atoms with van der Waals surface area (Å²) in [5.41, 5.74) is 0.348. The van der Waals surface area contributed by atoms with Gasteiger partial charge in [0.05, 0.1) is 0 Å².